The highest BCUT2D eigenvalue weighted by Gasteiger charge is 2.17. The van der Waals surface area contributed by atoms with E-state index in [-0.39, 0.29) is 5.91 Å². The molecule has 0 aliphatic heterocycles. The Morgan fingerprint density at radius 2 is 1.80 bits per heavy atom. The Balaban J connectivity index is 1.80. The van der Waals surface area contributed by atoms with E-state index in [1.807, 2.05) is 31.2 Å². The molecule has 2 aromatic carbocycles. The van der Waals surface area contributed by atoms with E-state index in [2.05, 4.69) is 22.6 Å². The number of hydrogen-bond acceptors (Lipinski definition) is 4. The van der Waals surface area contributed by atoms with Gasteiger partial charge in [-0.3, -0.25) is 4.79 Å². The first-order valence-electron chi connectivity index (χ1n) is 8.09. The monoisotopic (exact) mass is 336 g/mol. The second-order valence-corrected chi connectivity index (χ2v) is 5.64. The van der Waals surface area contributed by atoms with Crippen molar-refractivity contribution >= 4 is 11.6 Å². The first-order valence-corrected chi connectivity index (χ1v) is 8.09. The van der Waals surface area contributed by atoms with Crippen molar-refractivity contribution in [2.45, 2.75) is 20.3 Å². The molecule has 0 radical (unpaired) electrons. The fraction of sp³-hybridized carbons (Fsp3) is 0.211. The van der Waals surface area contributed by atoms with Gasteiger partial charge < -0.3 is 10.1 Å². The maximum atomic E-state index is 12.5. The van der Waals surface area contributed by atoms with Crippen LogP contribution in [0.3, 0.4) is 0 Å². The zero-order valence-electron chi connectivity index (χ0n) is 14.5. The third kappa shape index (κ3) is 3.52. The number of ether oxygens (including phenoxy) is 1. The average Bonchev–Trinajstić information content (AvgIpc) is 3.04. The van der Waals surface area contributed by atoms with E-state index in [1.165, 1.54) is 5.56 Å². The first-order chi connectivity index (χ1) is 12.1. The SMILES string of the molecule is CCc1ccc(-n2nnc(C(=O)Nc3ccc(OC)cc3)c2C)cc1. The van der Waals surface area contributed by atoms with E-state index in [9.17, 15) is 4.79 Å². The Morgan fingerprint density at radius 3 is 2.40 bits per heavy atom. The smallest absolute Gasteiger partial charge is 0.278 e. The Kier molecular flexibility index (Phi) is 4.79. The van der Waals surface area contributed by atoms with Gasteiger partial charge in [-0.25, -0.2) is 4.68 Å². The second kappa shape index (κ2) is 7.17. The average molecular weight is 336 g/mol. The van der Waals surface area contributed by atoms with Crippen LogP contribution in [-0.4, -0.2) is 28.0 Å². The molecule has 1 amide bonds. The maximum absolute atomic E-state index is 12.5. The van der Waals surface area contributed by atoms with Gasteiger partial charge in [0.2, 0.25) is 0 Å². The molecule has 3 rings (SSSR count). The number of nitrogens with one attached hydrogen (secondary N) is 1. The van der Waals surface area contributed by atoms with Gasteiger partial charge in [0, 0.05) is 5.69 Å². The highest BCUT2D eigenvalue weighted by molar-refractivity contribution is 6.03. The Bertz CT molecular complexity index is 867. The Labute approximate surface area is 146 Å². The van der Waals surface area contributed by atoms with Crippen molar-refractivity contribution < 1.29 is 9.53 Å². The normalized spacial score (nSPS) is 10.5. The molecular formula is C19H20N4O2. The fourth-order valence-electron chi connectivity index (χ4n) is 2.52. The van der Waals surface area contributed by atoms with Crippen molar-refractivity contribution in [1.82, 2.24) is 15.0 Å². The van der Waals surface area contributed by atoms with Crippen LogP contribution >= 0.6 is 0 Å². The summed E-state index contributed by atoms with van der Waals surface area (Å²) in [5, 5.41) is 11.0. The lowest BCUT2D eigenvalue weighted by Crippen LogP contribution is -2.14. The van der Waals surface area contributed by atoms with Gasteiger partial charge in [0.1, 0.15) is 5.75 Å². The van der Waals surface area contributed by atoms with Crippen molar-refractivity contribution in [3.63, 3.8) is 0 Å². The number of nitrogens with zero attached hydrogens (tertiary/aromatic N) is 3. The van der Waals surface area contributed by atoms with Gasteiger partial charge in [-0.05, 0) is 55.3 Å². The van der Waals surface area contributed by atoms with Gasteiger partial charge >= 0.3 is 0 Å². The van der Waals surface area contributed by atoms with Crippen molar-refractivity contribution in [3.05, 3.63) is 65.5 Å². The van der Waals surface area contributed by atoms with Crippen molar-refractivity contribution in [2.75, 3.05) is 12.4 Å². The quantitative estimate of drug-likeness (QED) is 0.775. The number of rotatable bonds is 5. The molecule has 3 aromatic rings. The van der Waals surface area contributed by atoms with Gasteiger partial charge in [0.05, 0.1) is 18.5 Å². The fourth-order valence-corrected chi connectivity index (χ4v) is 2.52. The molecule has 128 valence electrons. The molecule has 0 atom stereocenters. The topological polar surface area (TPSA) is 69.0 Å². The van der Waals surface area contributed by atoms with Crippen LogP contribution in [0.1, 0.15) is 28.7 Å². The Hall–Kier alpha value is -3.15. The summed E-state index contributed by atoms with van der Waals surface area (Å²) in [7, 11) is 1.60. The van der Waals surface area contributed by atoms with Crippen molar-refractivity contribution in [1.29, 1.82) is 0 Å². The minimum absolute atomic E-state index is 0.293. The number of hydrogen-bond donors (Lipinski definition) is 1. The summed E-state index contributed by atoms with van der Waals surface area (Å²) in [5.41, 5.74) is 3.79. The summed E-state index contributed by atoms with van der Waals surface area (Å²) in [6.45, 7) is 3.94. The zero-order chi connectivity index (χ0) is 17.8. The standard InChI is InChI=1S/C19H20N4O2/c1-4-14-5-9-16(10-6-14)23-13(2)18(21-22-23)19(24)20-15-7-11-17(25-3)12-8-15/h5-12H,4H2,1-3H3,(H,20,24). The summed E-state index contributed by atoms with van der Waals surface area (Å²) in [6, 6.07) is 15.2. The molecule has 1 aromatic heterocycles. The van der Waals surface area contributed by atoms with Crippen LogP contribution < -0.4 is 10.1 Å². The lowest BCUT2D eigenvalue weighted by atomic mass is 10.1. The lowest BCUT2D eigenvalue weighted by Gasteiger charge is -2.06. The summed E-state index contributed by atoms with van der Waals surface area (Å²) in [5.74, 6) is 0.440. The number of methoxy groups -OCH3 is 1. The molecule has 0 spiro atoms. The van der Waals surface area contributed by atoms with Crippen LogP contribution in [0.15, 0.2) is 48.5 Å². The summed E-state index contributed by atoms with van der Waals surface area (Å²) in [4.78, 5) is 12.5. The predicted octanol–water partition coefficient (Wildman–Crippen LogP) is 3.40. The molecule has 1 heterocycles. The molecule has 6 nitrogen and oxygen atoms in total. The van der Waals surface area contributed by atoms with E-state index < -0.39 is 0 Å². The third-order valence-electron chi connectivity index (χ3n) is 4.05. The maximum Gasteiger partial charge on any atom is 0.278 e. The van der Waals surface area contributed by atoms with E-state index in [1.54, 1.807) is 36.1 Å². The van der Waals surface area contributed by atoms with Crippen LogP contribution in [0.5, 0.6) is 5.75 Å². The molecule has 0 saturated heterocycles. The minimum atomic E-state index is -0.293. The van der Waals surface area contributed by atoms with Crippen molar-refractivity contribution in [2.24, 2.45) is 0 Å². The molecule has 0 unspecified atom stereocenters. The zero-order valence-corrected chi connectivity index (χ0v) is 14.5. The van der Waals surface area contributed by atoms with Crippen LogP contribution in [0, 0.1) is 6.92 Å². The molecular weight excluding hydrogens is 316 g/mol. The van der Waals surface area contributed by atoms with Crippen LogP contribution in [0.25, 0.3) is 5.69 Å². The second-order valence-electron chi connectivity index (χ2n) is 5.64. The van der Waals surface area contributed by atoms with E-state index >= 15 is 0 Å². The van der Waals surface area contributed by atoms with Crippen LogP contribution in [0.4, 0.5) is 5.69 Å². The molecule has 0 aliphatic rings. The predicted molar refractivity (Wildman–Crippen MR) is 96.4 cm³/mol. The van der Waals surface area contributed by atoms with E-state index in [0.717, 1.165) is 17.9 Å². The molecule has 0 fully saturated rings. The molecule has 0 saturated carbocycles. The Morgan fingerprint density at radius 1 is 1.12 bits per heavy atom. The highest BCUT2D eigenvalue weighted by atomic mass is 16.5. The first kappa shape index (κ1) is 16.7. The van der Waals surface area contributed by atoms with Crippen LogP contribution in [0.2, 0.25) is 0 Å². The third-order valence-corrected chi connectivity index (χ3v) is 4.05. The van der Waals surface area contributed by atoms with Gasteiger partial charge in [-0.2, -0.15) is 0 Å². The molecule has 6 heteroatoms. The minimum Gasteiger partial charge on any atom is -0.497 e. The molecule has 0 aliphatic carbocycles. The highest BCUT2D eigenvalue weighted by Crippen LogP contribution is 2.17. The summed E-state index contributed by atoms with van der Waals surface area (Å²) >= 11 is 0. The number of carbonyl (C=O) groups is 1. The number of carbonyl (C=O) groups excluding carboxylic acids is 1. The van der Waals surface area contributed by atoms with E-state index in [4.69, 9.17) is 4.74 Å². The number of aryl methyl sites for hydroxylation is 1. The van der Waals surface area contributed by atoms with E-state index in [0.29, 0.717) is 17.1 Å². The van der Waals surface area contributed by atoms with Crippen LogP contribution in [-0.2, 0) is 6.42 Å². The van der Waals surface area contributed by atoms with Gasteiger partial charge in [-0.1, -0.05) is 24.3 Å². The summed E-state index contributed by atoms with van der Waals surface area (Å²) < 4.78 is 6.78. The molecule has 1 N–H and O–H groups in total. The number of benzene rings is 2. The largest absolute Gasteiger partial charge is 0.497 e. The number of aromatic nitrogens is 3. The van der Waals surface area contributed by atoms with Crippen molar-refractivity contribution in [3.8, 4) is 11.4 Å². The molecule has 25 heavy (non-hydrogen) atoms. The van der Waals surface area contributed by atoms with Gasteiger partial charge in [-0.15, -0.1) is 5.10 Å². The molecule has 0 bridgehead atoms. The summed E-state index contributed by atoms with van der Waals surface area (Å²) in [6.07, 6.45) is 0.978. The number of amides is 1. The lowest BCUT2D eigenvalue weighted by molar-refractivity contribution is 0.102. The van der Waals surface area contributed by atoms with Gasteiger partial charge in [0.25, 0.3) is 5.91 Å². The number of anilines is 1. The van der Waals surface area contributed by atoms with Gasteiger partial charge in [0.15, 0.2) is 5.69 Å².